The van der Waals surface area contributed by atoms with E-state index in [0.29, 0.717) is 24.5 Å². The summed E-state index contributed by atoms with van der Waals surface area (Å²) in [4.78, 5) is 14.5. The highest BCUT2D eigenvalue weighted by atomic mass is 16.5. The van der Waals surface area contributed by atoms with Crippen LogP contribution in [0.25, 0.3) is 0 Å². The Morgan fingerprint density at radius 2 is 2.28 bits per heavy atom. The zero-order valence-corrected chi connectivity index (χ0v) is 11.8. The van der Waals surface area contributed by atoms with Crippen molar-refractivity contribution in [2.45, 2.75) is 45.3 Å². The van der Waals surface area contributed by atoms with Crippen LogP contribution in [-0.4, -0.2) is 49.7 Å². The molecule has 4 nitrogen and oxygen atoms in total. The van der Waals surface area contributed by atoms with Crippen molar-refractivity contribution in [1.29, 1.82) is 0 Å². The SMILES string of the molecule is CCC1CN(C(=O)C2COC(C)C2)CCC1NC. The number of nitrogens with one attached hydrogen (secondary N) is 1. The van der Waals surface area contributed by atoms with Crippen LogP contribution in [0, 0.1) is 11.8 Å². The molecule has 4 heteroatoms. The van der Waals surface area contributed by atoms with Gasteiger partial charge in [-0.3, -0.25) is 4.79 Å². The quantitative estimate of drug-likeness (QED) is 0.824. The van der Waals surface area contributed by atoms with Crippen LogP contribution in [0.3, 0.4) is 0 Å². The number of piperidine rings is 1. The highest BCUT2D eigenvalue weighted by Crippen LogP contribution is 2.25. The normalized spacial score (nSPS) is 36.9. The van der Waals surface area contributed by atoms with Gasteiger partial charge in [-0.1, -0.05) is 13.3 Å². The lowest BCUT2D eigenvalue weighted by atomic mass is 9.89. The number of carbonyl (C=O) groups excluding carboxylic acids is 1. The number of likely N-dealkylation sites (tertiary alicyclic amines) is 1. The number of hydrogen-bond donors (Lipinski definition) is 1. The zero-order valence-electron chi connectivity index (χ0n) is 11.8. The molecule has 2 aliphatic rings. The summed E-state index contributed by atoms with van der Waals surface area (Å²) in [6.45, 7) is 6.68. The van der Waals surface area contributed by atoms with E-state index in [9.17, 15) is 4.79 Å². The van der Waals surface area contributed by atoms with E-state index in [-0.39, 0.29) is 12.0 Å². The van der Waals surface area contributed by atoms with Crippen LogP contribution in [0.5, 0.6) is 0 Å². The van der Waals surface area contributed by atoms with E-state index in [1.54, 1.807) is 0 Å². The third-order valence-electron chi connectivity index (χ3n) is 4.49. The minimum Gasteiger partial charge on any atom is -0.378 e. The minimum absolute atomic E-state index is 0.101. The van der Waals surface area contributed by atoms with Gasteiger partial charge in [0.1, 0.15) is 0 Å². The fourth-order valence-corrected chi connectivity index (χ4v) is 3.27. The van der Waals surface area contributed by atoms with Crippen LogP contribution in [0.1, 0.15) is 33.1 Å². The highest BCUT2D eigenvalue weighted by molar-refractivity contribution is 5.79. The second kappa shape index (κ2) is 6.02. The second-order valence-corrected chi connectivity index (χ2v) is 5.71. The summed E-state index contributed by atoms with van der Waals surface area (Å²) in [5.74, 6) is 1.00. The van der Waals surface area contributed by atoms with Crippen LogP contribution in [0.2, 0.25) is 0 Å². The first-order chi connectivity index (χ1) is 8.65. The summed E-state index contributed by atoms with van der Waals surface area (Å²) in [6, 6.07) is 0.567. The molecule has 0 radical (unpaired) electrons. The molecule has 0 aliphatic carbocycles. The van der Waals surface area contributed by atoms with Gasteiger partial charge < -0.3 is 15.0 Å². The molecule has 4 atom stereocenters. The van der Waals surface area contributed by atoms with Crippen LogP contribution in [0.4, 0.5) is 0 Å². The molecule has 2 heterocycles. The molecule has 4 unspecified atom stereocenters. The topological polar surface area (TPSA) is 41.6 Å². The summed E-state index contributed by atoms with van der Waals surface area (Å²) in [5, 5.41) is 3.38. The lowest BCUT2D eigenvalue weighted by molar-refractivity contribution is -0.137. The molecule has 0 saturated carbocycles. The van der Waals surface area contributed by atoms with Gasteiger partial charge in [-0.2, -0.15) is 0 Å². The van der Waals surface area contributed by atoms with Crippen LogP contribution < -0.4 is 5.32 Å². The molecule has 104 valence electrons. The monoisotopic (exact) mass is 254 g/mol. The number of hydrogen-bond acceptors (Lipinski definition) is 3. The average molecular weight is 254 g/mol. The molecule has 2 fully saturated rings. The number of ether oxygens (including phenoxy) is 1. The maximum absolute atomic E-state index is 12.4. The van der Waals surface area contributed by atoms with Gasteiger partial charge in [-0.05, 0) is 32.7 Å². The Kier molecular flexibility index (Phi) is 4.62. The third kappa shape index (κ3) is 2.86. The van der Waals surface area contributed by atoms with Crippen molar-refractivity contribution in [1.82, 2.24) is 10.2 Å². The highest BCUT2D eigenvalue weighted by Gasteiger charge is 2.35. The largest absolute Gasteiger partial charge is 0.378 e. The van der Waals surface area contributed by atoms with Crippen molar-refractivity contribution in [2.24, 2.45) is 11.8 Å². The predicted molar refractivity (Wildman–Crippen MR) is 71.3 cm³/mol. The number of nitrogens with zero attached hydrogens (tertiary/aromatic N) is 1. The van der Waals surface area contributed by atoms with E-state index in [0.717, 1.165) is 32.4 Å². The van der Waals surface area contributed by atoms with E-state index in [4.69, 9.17) is 4.74 Å². The maximum atomic E-state index is 12.4. The maximum Gasteiger partial charge on any atom is 0.228 e. The lowest BCUT2D eigenvalue weighted by Crippen LogP contribution is -2.51. The first kappa shape index (κ1) is 13.8. The van der Waals surface area contributed by atoms with Crippen molar-refractivity contribution in [3.05, 3.63) is 0 Å². The fraction of sp³-hybridized carbons (Fsp3) is 0.929. The van der Waals surface area contributed by atoms with Crippen LogP contribution in [0.15, 0.2) is 0 Å². The summed E-state index contributed by atoms with van der Waals surface area (Å²) in [6.07, 6.45) is 3.34. The van der Waals surface area contributed by atoms with Gasteiger partial charge >= 0.3 is 0 Å². The molecule has 2 saturated heterocycles. The lowest BCUT2D eigenvalue weighted by Gasteiger charge is -2.39. The van der Waals surface area contributed by atoms with Crippen molar-refractivity contribution in [3.63, 3.8) is 0 Å². The number of carbonyl (C=O) groups is 1. The van der Waals surface area contributed by atoms with Crippen molar-refractivity contribution in [3.8, 4) is 0 Å². The fourth-order valence-electron chi connectivity index (χ4n) is 3.27. The van der Waals surface area contributed by atoms with E-state index in [1.165, 1.54) is 0 Å². The summed E-state index contributed by atoms with van der Waals surface area (Å²) < 4.78 is 5.51. The molecular formula is C14H26N2O2. The van der Waals surface area contributed by atoms with Crippen molar-refractivity contribution >= 4 is 5.91 Å². The van der Waals surface area contributed by atoms with Gasteiger partial charge in [-0.15, -0.1) is 0 Å². The number of amides is 1. The summed E-state index contributed by atoms with van der Waals surface area (Å²) >= 11 is 0. The Morgan fingerprint density at radius 3 is 2.83 bits per heavy atom. The molecule has 0 aromatic rings. The predicted octanol–water partition coefficient (Wildman–Crippen LogP) is 1.26. The van der Waals surface area contributed by atoms with Crippen molar-refractivity contribution < 1.29 is 9.53 Å². The van der Waals surface area contributed by atoms with E-state index >= 15 is 0 Å². The standard InChI is InChI=1S/C14H26N2O2/c1-4-11-8-16(6-5-13(11)15-3)14(17)12-7-10(2)18-9-12/h10-13,15H,4-9H2,1-3H3. The van der Waals surface area contributed by atoms with Gasteiger partial charge in [0, 0.05) is 19.1 Å². The molecule has 18 heavy (non-hydrogen) atoms. The smallest absolute Gasteiger partial charge is 0.228 e. The summed E-state index contributed by atoms with van der Waals surface area (Å²) in [7, 11) is 2.03. The van der Waals surface area contributed by atoms with Crippen LogP contribution >= 0.6 is 0 Å². The molecule has 0 bridgehead atoms. The Morgan fingerprint density at radius 1 is 1.50 bits per heavy atom. The third-order valence-corrected chi connectivity index (χ3v) is 4.49. The Balaban J connectivity index is 1.92. The van der Waals surface area contributed by atoms with E-state index in [1.807, 2.05) is 7.05 Å². The molecule has 0 aromatic carbocycles. The number of rotatable bonds is 3. The summed E-state index contributed by atoms with van der Waals surface area (Å²) in [5.41, 5.74) is 0. The average Bonchev–Trinajstić information content (AvgIpc) is 2.83. The molecular weight excluding hydrogens is 228 g/mol. The van der Waals surface area contributed by atoms with Gasteiger partial charge in [0.25, 0.3) is 0 Å². The second-order valence-electron chi connectivity index (χ2n) is 5.71. The van der Waals surface area contributed by atoms with Gasteiger partial charge in [0.15, 0.2) is 0 Å². The van der Waals surface area contributed by atoms with Gasteiger partial charge in [0.2, 0.25) is 5.91 Å². The Bertz CT molecular complexity index is 296. The molecule has 0 aromatic heterocycles. The van der Waals surface area contributed by atoms with Gasteiger partial charge in [0.05, 0.1) is 18.6 Å². The molecule has 1 amide bonds. The minimum atomic E-state index is 0.101. The first-order valence-corrected chi connectivity index (χ1v) is 7.23. The first-order valence-electron chi connectivity index (χ1n) is 7.23. The Labute approximate surface area is 110 Å². The van der Waals surface area contributed by atoms with Crippen molar-refractivity contribution in [2.75, 3.05) is 26.7 Å². The van der Waals surface area contributed by atoms with E-state index < -0.39 is 0 Å². The molecule has 0 spiro atoms. The molecule has 2 aliphatic heterocycles. The zero-order chi connectivity index (χ0) is 13.1. The molecule has 2 rings (SSSR count). The van der Waals surface area contributed by atoms with Crippen LogP contribution in [-0.2, 0) is 9.53 Å². The van der Waals surface area contributed by atoms with E-state index in [2.05, 4.69) is 24.1 Å². The molecule has 1 N–H and O–H groups in total. The Hall–Kier alpha value is -0.610. The van der Waals surface area contributed by atoms with Gasteiger partial charge in [-0.25, -0.2) is 0 Å².